The van der Waals surface area contributed by atoms with Crippen LogP contribution in [0.2, 0.25) is 0 Å². The molecule has 2 aliphatic carbocycles. The molecule has 0 nitrogen and oxygen atoms in total. The number of hydrogen-bond donors (Lipinski definition) is 0. The van der Waals surface area contributed by atoms with E-state index >= 15 is 0 Å². The van der Waals surface area contributed by atoms with Crippen molar-refractivity contribution in [3.8, 4) is 0 Å². The van der Waals surface area contributed by atoms with E-state index in [1.807, 2.05) is 6.92 Å². The van der Waals surface area contributed by atoms with Crippen LogP contribution in [0.25, 0.3) is 0 Å². The molecule has 0 bridgehead atoms. The molecule has 0 heterocycles. The highest BCUT2D eigenvalue weighted by Crippen LogP contribution is 2.43. The smallest absolute Gasteiger partial charge is 0.108 e. The molecule has 0 aliphatic heterocycles. The van der Waals surface area contributed by atoms with Gasteiger partial charge >= 0.3 is 0 Å². The van der Waals surface area contributed by atoms with Crippen molar-refractivity contribution in [2.45, 2.75) is 64.2 Å². The van der Waals surface area contributed by atoms with Gasteiger partial charge in [-0.05, 0) is 37.5 Å². The molecule has 0 aromatic rings. The van der Waals surface area contributed by atoms with Crippen LogP contribution in [0.3, 0.4) is 0 Å². The van der Waals surface area contributed by atoms with E-state index in [0.717, 1.165) is 19.3 Å². The van der Waals surface area contributed by atoms with Crippen molar-refractivity contribution < 1.29 is 8.78 Å². The maximum atomic E-state index is 14.0. The molecule has 0 radical (unpaired) electrons. The third-order valence-electron chi connectivity index (χ3n) is 4.42. The molecule has 4 atom stereocenters. The van der Waals surface area contributed by atoms with Gasteiger partial charge in [-0.2, -0.15) is 0 Å². The minimum Gasteiger partial charge on any atom is -0.247 e. The zero-order valence-electron chi connectivity index (χ0n) is 9.59. The Morgan fingerprint density at radius 1 is 0.867 bits per heavy atom. The number of hydrogen-bond acceptors (Lipinski definition) is 0. The first kappa shape index (κ1) is 11.3. The van der Waals surface area contributed by atoms with Crippen LogP contribution in [0.5, 0.6) is 0 Å². The molecule has 0 saturated heterocycles. The molecule has 0 aromatic heterocycles. The molecule has 3 unspecified atom stereocenters. The number of halogens is 2. The second kappa shape index (κ2) is 4.80. The highest BCUT2D eigenvalue weighted by atomic mass is 19.1. The average Bonchev–Trinajstić information content (AvgIpc) is 2.26. The molecule has 2 fully saturated rings. The fourth-order valence-corrected chi connectivity index (χ4v) is 3.43. The molecule has 0 N–H and O–H groups in total. The predicted octanol–water partition coefficient (Wildman–Crippen LogP) is 4.29. The fourth-order valence-electron chi connectivity index (χ4n) is 3.43. The zero-order chi connectivity index (χ0) is 10.8. The summed E-state index contributed by atoms with van der Waals surface area (Å²) < 4.78 is 27.9. The van der Waals surface area contributed by atoms with E-state index in [4.69, 9.17) is 0 Å². The van der Waals surface area contributed by atoms with Crippen LogP contribution in [0.4, 0.5) is 8.78 Å². The van der Waals surface area contributed by atoms with Gasteiger partial charge in [0.15, 0.2) is 0 Å². The minimum atomic E-state index is -0.892. The second-order valence-corrected chi connectivity index (χ2v) is 5.49. The summed E-state index contributed by atoms with van der Waals surface area (Å²) in [5.41, 5.74) is 0. The van der Waals surface area contributed by atoms with Gasteiger partial charge in [-0.25, -0.2) is 8.78 Å². The van der Waals surface area contributed by atoms with Crippen LogP contribution in [0, 0.1) is 17.8 Å². The fraction of sp³-hybridized carbons (Fsp3) is 1.00. The normalized spacial score (nSPS) is 44.2. The minimum absolute atomic E-state index is 0.0731. The Labute approximate surface area is 91.4 Å². The SMILES string of the molecule is CC1CC[C@@H](F)C(C2CCCCC2)C1F. The number of rotatable bonds is 1. The Balaban J connectivity index is 2.02. The first-order valence-corrected chi connectivity index (χ1v) is 6.48. The van der Waals surface area contributed by atoms with Gasteiger partial charge < -0.3 is 0 Å². The monoisotopic (exact) mass is 216 g/mol. The lowest BCUT2D eigenvalue weighted by atomic mass is 9.69. The van der Waals surface area contributed by atoms with Gasteiger partial charge in [0, 0.05) is 5.92 Å². The summed E-state index contributed by atoms with van der Waals surface area (Å²) >= 11 is 0. The first-order chi connectivity index (χ1) is 7.20. The summed E-state index contributed by atoms with van der Waals surface area (Å²) in [7, 11) is 0. The van der Waals surface area contributed by atoms with Crippen LogP contribution >= 0.6 is 0 Å². The van der Waals surface area contributed by atoms with E-state index in [0.29, 0.717) is 12.3 Å². The molecule has 2 heteroatoms. The highest BCUT2D eigenvalue weighted by Gasteiger charge is 2.42. The van der Waals surface area contributed by atoms with Gasteiger partial charge in [-0.1, -0.05) is 26.2 Å². The largest absolute Gasteiger partial charge is 0.247 e. The summed E-state index contributed by atoms with van der Waals surface area (Å²) in [6.45, 7) is 1.94. The van der Waals surface area contributed by atoms with Crippen molar-refractivity contribution in [2.24, 2.45) is 17.8 Å². The van der Waals surface area contributed by atoms with E-state index in [9.17, 15) is 8.78 Å². The van der Waals surface area contributed by atoms with Crippen molar-refractivity contribution in [2.75, 3.05) is 0 Å². The third kappa shape index (κ3) is 2.34. The van der Waals surface area contributed by atoms with Crippen LogP contribution in [-0.2, 0) is 0 Å². The predicted molar refractivity (Wildman–Crippen MR) is 58.3 cm³/mol. The zero-order valence-corrected chi connectivity index (χ0v) is 9.59. The van der Waals surface area contributed by atoms with Crippen LogP contribution in [-0.4, -0.2) is 12.3 Å². The second-order valence-electron chi connectivity index (χ2n) is 5.49. The van der Waals surface area contributed by atoms with E-state index in [-0.39, 0.29) is 11.8 Å². The molecular formula is C13H22F2. The molecular weight excluding hydrogens is 194 g/mol. The highest BCUT2D eigenvalue weighted by molar-refractivity contribution is 4.91. The summed E-state index contributed by atoms with van der Waals surface area (Å²) in [5, 5.41) is 0. The van der Waals surface area contributed by atoms with Gasteiger partial charge in [0.1, 0.15) is 12.3 Å². The molecule has 2 aliphatic rings. The number of alkyl halides is 2. The van der Waals surface area contributed by atoms with Gasteiger partial charge in [-0.3, -0.25) is 0 Å². The summed E-state index contributed by atoms with van der Waals surface area (Å²) in [6, 6.07) is 0. The van der Waals surface area contributed by atoms with Gasteiger partial charge in [0.2, 0.25) is 0 Å². The van der Waals surface area contributed by atoms with Crippen molar-refractivity contribution in [3.63, 3.8) is 0 Å². The van der Waals surface area contributed by atoms with Crippen LogP contribution < -0.4 is 0 Å². The average molecular weight is 216 g/mol. The molecule has 2 rings (SSSR count). The maximum absolute atomic E-state index is 14.0. The summed E-state index contributed by atoms with van der Waals surface area (Å²) in [4.78, 5) is 0. The van der Waals surface area contributed by atoms with Gasteiger partial charge in [-0.15, -0.1) is 0 Å². The molecule has 15 heavy (non-hydrogen) atoms. The summed E-state index contributed by atoms with van der Waals surface area (Å²) in [6.07, 6.45) is 5.26. The van der Waals surface area contributed by atoms with Crippen molar-refractivity contribution in [3.05, 3.63) is 0 Å². The van der Waals surface area contributed by atoms with Crippen LogP contribution in [0.1, 0.15) is 51.9 Å². The van der Waals surface area contributed by atoms with Gasteiger partial charge in [0.05, 0.1) is 0 Å². The standard InChI is InChI=1S/C13H22F2/c1-9-7-8-11(14)12(13(9)15)10-5-3-2-4-6-10/h9-13H,2-8H2,1H3/t9?,11-,12?,13?/m1/s1. The summed E-state index contributed by atoms with van der Waals surface area (Å²) in [5.74, 6) is 0.115. The topological polar surface area (TPSA) is 0 Å². The molecule has 88 valence electrons. The molecule has 0 spiro atoms. The van der Waals surface area contributed by atoms with Gasteiger partial charge in [0.25, 0.3) is 0 Å². The van der Waals surface area contributed by atoms with E-state index in [1.54, 1.807) is 0 Å². The van der Waals surface area contributed by atoms with Crippen molar-refractivity contribution in [1.29, 1.82) is 0 Å². The first-order valence-electron chi connectivity index (χ1n) is 6.48. The molecule has 2 saturated carbocycles. The van der Waals surface area contributed by atoms with Crippen molar-refractivity contribution >= 4 is 0 Å². The Morgan fingerprint density at radius 3 is 2.20 bits per heavy atom. The lowest BCUT2D eigenvalue weighted by Gasteiger charge is -2.40. The van der Waals surface area contributed by atoms with E-state index in [2.05, 4.69) is 0 Å². The Morgan fingerprint density at radius 2 is 1.53 bits per heavy atom. The van der Waals surface area contributed by atoms with Crippen molar-refractivity contribution in [1.82, 2.24) is 0 Å². The molecule has 0 amide bonds. The Hall–Kier alpha value is -0.140. The van der Waals surface area contributed by atoms with E-state index in [1.165, 1.54) is 19.3 Å². The third-order valence-corrected chi connectivity index (χ3v) is 4.42. The Kier molecular flexibility index (Phi) is 3.63. The Bertz CT molecular complexity index is 199. The quantitative estimate of drug-likeness (QED) is 0.613. The van der Waals surface area contributed by atoms with Crippen LogP contribution in [0.15, 0.2) is 0 Å². The molecule has 0 aromatic carbocycles. The lowest BCUT2D eigenvalue weighted by molar-refractivity contribution is -0.00772. The maximum Gasteiger partial charge on any atom is 0.108 e. The van der Waals surface area contributed by atoms with E-state index < -0.39 is 12.3 Å². The lowest BCUT2D eigenvalue weighted by Crippen LogP contribution is -2.41.